The van der Waals surface area contributed by atoms with E-state index in [4.69, 9.17) is 0 Å². The van der Waals surface area contributed by atoms with Gasteiger partial charge in [-0.3, -0.25) is 33.6 Å². The van der Waals surface area contributed by atoms with E-state index in [0.717, 1.165) is 0 Å². The van der Waals surface area contributed by atoms with Gasteiger partial charge in [0, 0.05) is 48.5 Å². The largest absolute Gasteiger partial charge is 0.466 e. The summed E-state index contributed by atoms with van der Waals surface area (Å²) in [6.07, 6.45) is 43.3. The molecule has 0 aliphatic carbocycles. The molecule has 0 fully saturated rings. The average Bonchev–Trinajstić information content (AvgIpc) is 3.36. The van der Waals surface area contributed by atoms with Gasteiger partial charge in [0.05, 0.1) is 46.2 Å². The third kappa shape index (κ3) is 187. The van der Waals surface area contributed by atoms with Gasteiger partial charge in [0.1, 0.15) is 0 Å². The van der Waals surface area contributed by atoms with E-state index in [2.05, 4.69) is 74.7 Å². The third-order valence-corrected chi connectivity index (χ3v) is 9.80. The van der Waals surface area contributed by atoms with Crippen LogP contribution in [-0.4, -0.2) is 88.0 Å². The van der Waals surface area contributed by atoms with Crippen LogP contribution in [0.4, 0.5) is 0 Å². The highest BCUT2D eigenvalue weighted by Gasteiger charge is 1.93. The monoisotopic (exact) mass is 1130 g/mol. The molecule has 0 radical (unpaired) electrons. The number of carbonyl (C=O) groups excluding carboxylic acids is 7. The number of hydrogen-bond acceptors (Lipinski definition) is 14. The van der Waals surface area contributed by atoms with Crippen molar-refractivity contribution in [3.8, 4) is 0 Å². The molecule has 0 aliphatic heterocycles. The number of unbranched alkanes of at least 4 members (excludes halogenated alkanes) is 27. The molecule has 78 heavy (non-hydrogen) atoms. The standard InChI is InChI=1S/3C12H26.7C4H8O2/c3*1-3-5-7-9-11-12-10-8-6-4-2;7*1-3-6-4(2)5/h3*3-12H2,1-2H3;7*3H2,1-2H3. The Hall–Kier alpha value is -3.71. The zero-order valence-corrected chi connectivity index (χ0v) is 55.4. The summed E-state index contributed by atoms with van der Waals surface area (Å²) in [7, 11) is 0. The number of rotatable bonds is 34. The van der Waals surface area contributed by atoms with Crippen LogP contribution >= 0.6 is 0 Å². The molecule has 0 spiro atoms. The fraction of sp³-hybridized carbons (Fsp3) is 0.891. The highest BCUT2D eigenvalue weighted by molar-refractivity contribution is 5.67. The molecule has 0 N–H and O–H groups in total. The van der Waals surface area contributed by atoms with E-state index in [1.165, 1.54) is 241 Å². The molecule has 474 valence electrons. The van der Waals surface area contributed by atoms with E-state index in [-0.39, 0.29) is 41.8 Å². The zero-order chi connectivity index (χ0) is 62.2. The smallest absolute Gasteiger partial charge is 0.302 e. The number of ether oxygens (including phenoxy) is 7. The molecule has 14 heteroatoms. The van der Waals surface area contributed by atoms with Crippen LogP contribution in [0.2, 0.25) is 0 Å². The van der Waals surface area contributed by atoms with Crippen LogP contribution in [-0.2, 0) is 66.7 Å². The van der Waals surface area contributed by atoms with Gasteiger partial charge in [0.25, 0.3) is 0 Å². The van der Waals surface area contributed by atoms with Gasteiger partial charge < -0.3 is 33.2 Å². The Morgan fingerprint density at radius 2 is 0.244 bits per heavy atom. The van der Waals surface area contributed by atoms with Crippen LogP contribution in [0, 0.1) is 0 Å². The fourth-order valence-electron chi connectivity index (χ4n) is 6.10. The molecule has 0 unspecified atom stereocenters. The molecule has 0 amide bonds. The van der Waals surface area contributed by atoms with E-state index in [1.54, 1.807) is 48.5 Å². The molecule has 0 aromatic rings. The minimum atomic E-state index is -0.211. The number of carbonyl (C=O) groups is 7. The minimum absolute atomic E-state index is 0.211. The Morgan fingerprint density at radius 1 is 0.167 bits per heavy atom. The van der Waals surface area contributed by atoms with Crippen molar-refractivity contribution in [1.29, 1.82) is 0 Å². The van der Waals surface area contributed by atoms with Gasteiger partial charge in [-0.05, 0) is 48.5 Å². The summed E-state index contributed by atoms with van der Waals surface area (Å²) in [4.78, 5) is 68.8. The van der Waals surface area contributed by atoms with Crippen LogP contribution in [0.25, 0.3) is 0 Å². The van der Waals surface area contributed by atoms with Crippen LogP contribution in [0.5, 0.6) is 0 Å². The van der Waals surface area contributed by atoms with Crippen molar-refractivity contribution >= 4 is 41.8 Å². The van der Waals surface area contributed by atoms with Crippen molar-refractivity contribution in [1.82, 2.24) is 0 Å². The van der Waals surface area contributed by atoms with E-state index < -0.39 is 0 Å². The number of esters is 7. The molecule has 0 aromatic heterocycles. The van der Waals surface area contributed by atoms with Crippen molar-refractivity contribution in [2.75, 3.05) is 46.2 Å². The first-order valence-corrected chi connectivity index (χ1v) is 31.1. The van der Waals surface area contributed by atoms with Crippen molar-refractivity contribution in [3.63, 3.8) is 0 Å². The Balaban J connectivity index is -0.0000000838. The lowest BCUT2D eigenvalue weighted by Crippen LogP contribution is -1.95. The molecule has 0 bridgehead atoms. The summed E-state index contributed by atoms with van der Waals surface area (Å²) < 4.78 is 30.8. The second-order valence-corrected chi connectivity index (χ2v) is 18.0. The normalized spacial score (nSPS) is 8.97. The second kappa shape index (κ2) is 102. The Kier molecular flexibility index (Phi) is 126. The predicted octanol–water partition coefficient (Wildman–Crippen LogP) is 18.8. The maximum absolute atomic E-state index is 9.82. The van der Waals surface area contributed by atoms with Gasteiger partial charge in [0.15, 0.2) is 0 Å². The molecule has 14 nitrogen and oxygen atoms in total. The first-order chi connectivity index (χ1) is 37.1. The summed E-state index contributed by atoms with van der Waals surface area (Å²) in [5.41, 5.74) is 0. The third-order valence-electron chi connectivity index (χ3n) is 9.80. The molecular formula is C64H134O14. The van der Waals surface area contributed by atoms with Crippen LogP contribution < -0.4 is 0 Å². The first kappa shape index (κ1) is 96.5. The van der Waals surface area contributed by atoms with E-state index in [9.17, 15) is 33.6 Å². The maximum Gasteiger partial charge on any atom is 0.302 e. The highest BCUT2D eigenvalue weighted by atomic mass is 16.6. The van der Waals surface area contributed by atoms with Crippen molar-refractivity contribution in [2.45, 2.75) is 331 Å². The molecule has 0 atom stereocenters. The molecule has 0 saturated heterocycles. The van der Waals surface area contributed by atoms with Crippen molar-refractivity contribution in [3.05, 3.63) is 0 Å². The molecule has 0 rings (SSSR count). The Morgan fingerprint density at radius 3 is 0.282 bits per heavy atom. The van der Waals surface area contributed by atoms with E-state index in [0.29, 0.717) is 46.2 Å². The van der Waals surface area contributed by atoms with Crippen molar-refractivity contribution in [2.24, 2.45) is 0 Å². The lowest BCUT2D eigenvalue weighted by molar-refractivity contribution is -0.141. The average molecular weight is 1130 g/mol. The van der Waals surface area contributed by atoms with Crippen molar-refractivity contribution < 1.29 is 66.7 Å². The van der Waals surface area contributed by atoms with Gasteiger partial charge in [-0.15, -0.1) is 0 Å². The summed E-state index contributed by atoms with van der Waals surface area (Å²) in [5, 5.41) is 0. The van der Waals surface area contributed by atoms with E-state index >= 15 is 0 Å². The predicted molar refractivity (Wildman–Crippen MR) is 329 cm³/mol. The minimum Gasteiger partial charge on any atom is -0.466 e. The molecule has 0 aromatic carbocycles. The van der Waals surface area contributed by atoms with Gasteiger partial charge >= 0.3 is 41.8 Å². The summed E-state index contributed by atoms with van der Waals surface area (Å²) >= 11 is 0. The first-order valence-electron chi connectivity index (χ1n) is 31.1. The summed E-state index contributed by atoms with van der Waals surface area (Å²) in [6, 6.07) is 0. The van der Waals surface area contributed by atoms with Gasteiger partial charge in [0.2, 0.25) is 0 Å². The van der Waals surface area contributed by atoms with Gasteiger partial charge in [-0.1, -0.05) is 234 Å². The zero-order valence-electron chi connectivity index (χ0n) is 55.4. The van der Waals surface area contributed by atoms with Gasteiger partial charge in [-0.25, -0.2) is 0 Å². The fourth-order valence-corrected chi connectivity index (χ4v) is 6.10. The topological polar surface area (TPSA) is 184 Å². The maximum atomic E-state index is 9.82. The molecular weight excluding hydrogens is 993 g/mol. The highest BCUT2D eigenvalue weighted by Crippen LogP contribution is 2.12. The Bertz CT molecular complexity index is 896. The summed E-state index contributed by atoms with van der Waals surface area (Å²) in [5.74, 6) is -1.47. The van der Waals surface area contributed by atoms with Crippen LogP contribution in [0.1, 0.15) is 331 Å². The van der Waals surface area contributed by atoms with Crippen LogP contribution in [0.3, 0.4) is 0 Å². The second-order valence-electron chi connectivity index (χ2n) is 18.0. The SMILES string of the molecule is CCCCCCCCCCCC.CCCCCCCCCCCC.CCCCCCCCCCCC.CCOC(C)=O.CCOC(C)=O.CCOC(C)=O.CCOC(C)=O.CCOC(C)=O.CCOC(C)=O.CCOC(C)=O. The quantitative estimate of drug-likeness (QED) is 0.0337. The lowest BCUT2D eigenvalue weighted by atomic mass is 10.1. The molecule has 0 aliphatic rings. The molecule has 0 saturated carbocycles. The van der Waals surface area contributed by atoms with Crippen LogP contribution in [0.15, 0.2) is 0 Å². The number of hydrogen-bond donors (Lipinski definition) is 0. The lowest BCUT2D eigenvalue weighted by Gasteiger charge is -1.99. The molecule has 0 heterocycles. The van der Waals surface area contributed by atoms with E-state index in [1.807, 2.05) is 0 Å². The Labute approximate surface area is 484 Å². The summed E-state index contributed by atoms with van der Waals surface area (Å²) in [6.45, 7) is 39.2. The van der Waals surface area contributed by atoms with Gasteiger partial charge in [-0.2, -0.15) is 0 Å².